The van der Waals surface area contributed by atoms with Crippen LogP contribution < -0.4 is 0 Å². The zero-order chi connectivity index (χ0) is 42.9. The van der Waals surface area contributed by atoms with E-state index in [-0.39, 0.29) is 19.2 Å². The third-order valence-electron chi connectivity index (χ3n) is 11.6. The Morgan fingerprint density at radius 2 is 1.02 bits per heavy atom. The Hall–Kier alpha value is -1.33. The quantitative estimate of drug-likeness (QED) is 0.0269. The minimum absolute atomic E-state index is 0.114. The molecule has 0 radical (unpaired) electrons. The van der Waals surface area contributed by atoms with Gasteiger partial charge >= 0.3 is 5.97 Å². The number of aliphatic hydroxyl groups excluding tert-OH is 4. The van der Waals surface area contributed by atoms with Gasteiger partial charge in [-0.2, -0.15) is 0 Å². The van der Waals surface area contributed by atoms with Crippen molar-refractivity contribution in [2.45, 2.75) is 263 Å². The number of hydrogen-bond acceptors (Lipinski definition) is 9. The summed E-state index contributed by atoms with van der Waals surface area (Å²) in [6.45, 7) is 4.51. The fourth-order valence-corrected chi connectivity index (χ4v) is 7.71. The summed E-state index contributed by atoms with van der Waals surface area (Å²) in [5, 5.41) is 40.2. The highest BCUT2D eigenvalue weighted by Gasteiger charge is 2.44. The predicted octanol–water partition coefficient (Wildman–Crippen LogP) is 11.8. The number of carbonyl (C=O) groups excluding carboxylic acids is 1. The maximum Gasteiger partial charge on any atom is 0.306 e. The molecule has 4 N–H and O–H groups in total. The Kier molecular flexibility index (Phi) is 39.6. The first kappa shape index (κ1) is 55.7. The number of rotatable bonds is 43. The Balaban J connectivity index is 2.18. The van der Waals surface area contributed by atoms with Crippen molar-refractivity contribution < 1.29 is 44.2 Å². The van der Waals surface area contributed by atoms with Gasteiger partial charge in [-0.15, -0.1) is 0 Å². The van der Waals surface area contributed by atoms with E-state index in [2.05, 4.69) is 38.2 Å². The van der Waals surface area contributed by atoms with E-state index < -0.39 is 43.4 Å². The van der Waals surface area contributed by atoms with E-state index in [1.54, 1.807) is 0 Å². The van der Waals surface area contributed by atoms with E-state index in [1.165, 1.54) is 148 Å². The largest absolute Gasteiger partial charge is 0.457 e. The second-order valence-electron chi connectivity index (χ2n) is 17.3. The lowest BCUT2D eigenvalue weighted by molar-refractivity contribution is -0.305. The number of carbonyl (C=O) groups is 1. The zero-order valence-electron chi connectivity index (χ0n) is 38.3. The van der Waals surface area contributed by atoms with Gasteiger partial charge in [0, 0.05) is 13.0 Å². The number of aliphatic hydroxyl groups is 4. The molecule has 1 heterocycles. The molecule has 0 bridgehead atoms. The smallest absolute Gasteiger partial charge is 0.306 e. The van der Waals surface area contributed by atoms with Crippen LogP contribution in [0.3, 0.4) is 0 Å². The fourth-order valence-electron chi connectivity index (χ4n) is 7.71. The minimum atomic E-state index is -1.54. The van der Waals surface area contributed by atoms with Crippen molar-refractivity contribution in [1.29, 1.82) is 0 Å². The van der Waals surface area contributed by atoms with Crippen LogP contribution in [-0.4, -0.2) is 89.6 Å². The molecule has 1 fully saturated rings. The van der Waals surface area contributed by atoms with Gasteiger partial charge in [-0.25, -0.2) is 0 Å². The lowest BCUT2D eigenvalue weighted by atomic mass is 9.99. The number of hydrogen-bond donors (Lipinski definition) is 4. The molecule has 59 heavy (non-hydrogen) atoms. The van der Waals surface area contributed by atoms with Gasteiger partial charge in [0.1, 0.15) is 30.5 Å². The summed E-state index contributed by atoms with van der Waals surface area (Å²) >= 11 is 0. The van der Waals surface area contributed by atoms with E-state index in [9.17, 15) is 25.2 Å². The van der Waals surface area contributed by atoms with Crippen LogP contribution in [0.15, 0.2) is 24.3 Å². The molecule has 9 nitrogen and oxygen atoms in total. The van der Waals surface area contributed by atoms with Crippen molar-refractivity contribution in [3.63, 3.8) is 0 Å². The van der Waals surface area contributed by atoms with E-state index in [4.69, 9.17) is 18.9 Å². The third-order valence-corrected chi connectivity index (χ3v) is 11.6. The monoisotopic (exact) mass is 839 g/mol. The van der Waals surface area contributed by atoms with Crippen LogP contribution in [0.25, 0.3) is 0 Å². The number of esters is 1. The lowest BCUT2D eigenvalue weighted by Gasteiger charge is -2.39. The van der Waals surface area contributed by atoms with Gasteiger partial charge in [-0.1, -0.05) is 205 Å². The molecule has 0 spiro atoms. The molecule has 0 aliphatic carbocycles. The molecule has 1 rings (SSSR count). The van der Waals surface area contributed by atoms with Crippen molar-refractivity contribution in [3.05, 3.63) is 24.3 Å². The van der Waals surface area contributed by atoms with Gasteiger partial charge in [-0.3, -0.25) is 4.79 Å². The summed E-state index contributed by atoms with van der Waals surface area (Å²) in [5.41, 5.74) is 0. The first-order valence-corrected chi connectivity index (χ1v) is 24.9. The fraction of sp³-hybridized carbons (Fsp3) is 0.900. The summed E-state index contributed by atoms with van der Waals surface area (Å²) in [7, 11) is 0. The first-order chi connectivity index (χ1) is 28.9. The second kappa shape index (κ2) is 42.0. The Labute approximate surface area is 362 Å². The minimum Gasteiger partial charge on any atom is -0.457 e. The average molecular weight is 839 g/mol. The van der Waals surface area contributed by atoms with Crippen LogP contribution >= 0.6 is 0 Å². The summed E-state index contributed by atoms with van der Waals surface area (Å²) in [5.74, 6) is -0.313. The first-order valence-electron chi connectivity index (χ1n) is 24.9. The average Bonchev–Trinajstić information content (AvgIpc) is 3.24. The highest BCUT2D eigenvalue weighted by molar-refractivity contribution is 5.69. The molecule has 1 saturated heterocycles. The Morgan fingerprint density at radius 3 is 1.53 bits per heavy atom. The van der Waals surface area contributed by atoms with Crippen LogP contribution in [0.5, 0.6) is 0 Å². The van der Waals surface area contributed by atoms with Gasteiger partial charge in [0.05, 0.1) is 19.8 Å². The Bertz CT molecular complexity index is 957. The summed E-state index contributed by atoms with van der Waals surface area (Å²) in [4.78, 5) is 12.8. The topological polar surface area (TPSA) is 135 Å². The molecule has 0 aromatic carbocycles. The van der Waals surface area contributed by atoms with E-state index in [0.29, 0.717) is 13.0 Å². The van der Waals surface area contributed by atoms with E-state index in [0.717, 1.165) is 57.8 Å². The molecular formula is C50H94O9. The van der Waals surface area contributed by atoms with Crippen molar-refractivity contribution >= 4 is 5.97 Å². The van der Waals surface area contributed by atoms with Gasteiger partial charge in [0.2, 0.25) is 0 Å². The van der Waals surface area contributed by atoms with Crippen LogP contribution in [0.2, 0.25) is 0 Å². The van der Waals surface area contributed by atoms with Crippen molar-refractivity contribution in [1.82, 2.24) is 0 Å². The van der Waals surface area contributed by atoms with E-state index >= 15 is 0 Å². The van der Waals surface area contributed by atoms with Crippen molar-refractivity contribution in [2.24, 2.45) is 0 Å². The molecule has 348 valence electrons. The number of allylic oxidation sites excluding steroid dienone is 4. The molecule has 6 atom stereocenters. The summed E-state index contributed by atoms with van der Waals surface area (Å²) in [6.07, 6.45) is 42.1. The molecule has 1 aliphatic rings. The van der Waals surface area contributed by atoms with Crippen LogP contribution in [0.1, 0.15) is 226 Å². The lowest BCUT2D eigenvalue weighted by Crippen LogP contribution is -2.59. The molecule has 9 heteroatoms. The molecule has 6 unspecified atom stereocenters. The number of ether oxygens (including phenoxy) is 4. The Morgan fingerprint density at radius 1 is 0.542 bits per heavy atom. The third kappa shape index (κ3) is 33.0. The zero-order valence-corrected chi connectivity index (χ0v) is 38.3. The summed E-state index contributed by atoms with van der Waals surface area (Å²) in [6, 6.07) is 0. The standard InChI is InChI=1S/C50H94O9/c1-3-5-7-9-11-13-15-17-19-20-21-22-23-24-25-26-27-29-31-33-35-37-39-46(52)58-44(43-57-50-49(55)48(54)47(53)45(41-51)59-50)42-56-40-38-36-34-32-30-28-18-16-14-12-10-8-6-4-2/h8,10,14,16,44-45,47-51,53-55H,3-7,9,11-13,15,17-43H2,1-2H3/b10-8-,16-14-. The second-order valence-corrected chi connectivity index (χ2v) is 17.3. The molecular weight excluding hydrogens is 745 g/mol. The van der Waals surface area contributed by atoms with Crippen molar-refractivity contribution in [3.8, 4) is 0 Å². The maximum absolute atomic E-state index is 12.8. The van der Waals surface area contributed by atoms with Gasteiger partial charge in [0.15, 0.2) is 6.29 Å². The van der Waals surface area contributed by atoms with Crippen molar-refractivity contribution in [2.75, 3.05) is 26.4 Å². The highest BCUT2D eigenvalue weighted by Crippen LogP contribution is 2.23. The van der Waals surface area contributed by atoms with Gasteiger partial charge in [0.25, 0.3) is 0 Å². The SMILES string of the molecule is CCC/C=C\C/C=C\CCCCCCCCOCC(COC1OC(CO)C(O)C(O)C1O)OC(=O)CCCCCCCCCCCCCCCCCCCCCCCC. The van der Waals surface area contributed by atoms with Crippen LogP contribution in [0, 0.1) is 0 Å². The normalized spacial score (nSPS) is 20.3. The number of unbranched alkanes of at least 4 members (excludes halogenated alkanes) is 28. The van der Waals surface area contributed by atoms with Crippen LogP contribution in [0.4, 0.5) is 0 Å². The maximum atomic E-state index is 12.8. The molecule has 0 amide bonds. The molecule has 0 aromatic heterocycles. The van der Waals surface area contributed by atoms with E-state index in [1.807, 2.05) is 0 Å². The molecule has 0 aromatic rings. The molecule has 0 saturated carbocycles. The van der Waals surface area contributed by atoms with Gasteiger partial charge < -0.3 is 39.4 Å². The highest BCUT2D eigenvalue weighted by atomic mass is 16.7. The molecule has 1 aliphatic heterocycles. The van der Waals surface area contributed by atoms with Crippen LogP contribution in [-0.2, 0) is 23.7 Å². The predicted molar refractivity (Wildman–Crippen MR) is 242 cm³/mol. The van der Waals surface area contributed by atoms with Gasteiger partial charge in [-0.05, 0) is 38.5 Å². The summed E-state index contributed by atoms with van der Waals surface area (Å²) < 4.78 is 22.9.